The summed E-state index contributed by atoms with van der Waals surface area (Å²) in [5, 5.41) is 16.2. The van der Waals surface area contributed by atoms with Crippen LogP contribution in [-0.4, -0.2) is 36.7 Å². The van der Waals surface area contributed by atoms with Gasteiger partial charge >= 0.3 is 0 Å². The molecule has 0 bridgehead atoms. The Labute approximate surface area is 131 Å². The van der Waals surface area contributed by atoms with E-state index in [1.807, 2.05) is 0 Å². The summed E-state index contributed by atoms with van der Waals surface area (Å²) >= 11 is 1.26. The van der Waals surface area contributed by atoms with Crippen molar-refractivity contribution in [3.8, 4) is 5.75 Å². The number of carbonyl (C=O) groups excluding carboxylic acids is 2. The van der Waals surface area contributed by atoms with E-state index in [1.165, 1.54) is 11.3 Å². The van der Waals surface area contributed by atoms with Crippen LogP contribution in [0.1, 0.15) is 9.67 Å². The summed E-state index contributed by atoms with van der Waals surface area (Å²) in [5.41, 5.74) is 0.551. The van der Waals surface area contributed by atoms with E-state index in [9.17, 15) is 14.7 Å². The van der Waals surface area contributed by atoms with Crippen molar-refractivity contribution >= 4 is 28.8 Å². The molecule has 2 aromatic rings. The predicted octanol–water partition coefficient (Wildman–Crippen LogP) is 1.49. The van der Waals surface area contributed by atoms with Crippen LogP contribution in [0.15, 0.2) is 41.8 Å². The lowest BCUT2D eigenvalue weighted by molar-refractivity contribution is -0.118. The van der Waals surface area contributed by atoms with Gasteiger partial charge in [-0.1, -0.05) is 6.07 Å². The van der Waals surface area contributed by atoms with E-state index in [1.54, 1.807) is 48.9 Å². The van der Waals surface area contributed by atoms with Crippen molar-refractivity contribution < 1.29 is 19.4 Å². The largest absolute Gasteiger partial charge is 0.497 e. The van der Waals surface area contributed by atoms with E-state index in [0.717, 1.165) is 0 Å². The number of thiophene rings is 1. The average molecular weight is 320 g/mol. The van der Waals surface area contributed by atoms with Gasteiger partial charge in [-0.15, -0.1) is 11.3 Å². The lowest BCUT2D eigenvalue weighted by atomic mass is 10.2. The van der Waals surface area contributed by atoms with Gasteiger partial charge in [-0.25, -0.2) is 0 Å². The molecular formula is C15H16N2O4S. The molecule has 22 heavy (non-hydrogen) atoms. The van der Waals surface area contributed by atoms with E-state index in [-0.39, 0.29) is 5.91 Å². The summed E-state index contributed by atoms with van der Waals surface area (Å²) < 4.78 is 5.03. The third kappa shape index (κ3) is 4.06. The topological polar surface area (TPSA) is 87.7 Å². The molecule has 3 N–H and O–H groups in total. The second kappa shape index (κ2) is 7.58. The van der Waals surface area contributed by atoms with Crippen molar-refractivity contribution in [3.63, 3.8) is 0 Å². The van der Waals surface area contributed by atoms with Crippen molar-refractivity contribution in [2.75, 3.05) is 19.0 Å². The quantitative estimate of drug-likeness (QED) is 0.752. The van der Waals surface area contributed by atoms with Crippen LogP contribution in [0.5, 0.6) is 5.75 Å². The molecule has 116 valence electrons. The molecule has 1 heterocycles. The minimum absolute atomic E-state index is 0.390. The van der Waals surface area contributed by atoms with Crippen LogP contribution in [0.4, 0.5) is 5.69 Å². The lowest BCUT2D eigenvalue weighted by Gasteiger charge is -2.16. The fraction of sp³-hybridized carbons (Fsp3) is 0.200. The Balaban J connectivity index is 1.97. The van der Waals surface area contributed by atoms with Crippen LogP contribution in [-0.2, 0) is 4.79 Å². The van der Waals surface area contributed by atoms with Crippen LogP contribution in [0.25, 0.3) is 0 Å². The maximum atomic E-state index is 12.1. The predicted molar refractivity (Wildman–Crippen MR) is 84.3 cm³/mol. The lowest BCUT2D eigenvalue weighted by Crippen LogP contribution is -2.46. The third-order valence-electron chi connectivity index (χ3n) is 2.91. The van der Waals surface area contributed by atoms with Gasteiger partial charge in [0, 0.05) is 5.69 Å². The van der Waals surface area contributed by atoms with Crippen molar-refractivity contribution in [3.05, 3.63) is 46.7 Å². The number of hydrogen-bond donors (Lipinski definition) is 3. The molecule has 0 aliphatic carbocycles. The van der Waals surface area contributed by atoms with Crippen molar-refractivity contribution in [1.29, 1.82) is 0 Å². The SMILES string of the molecule is COc1ccc(NC(=O)[C@H](CO)NC(=O)c2cccs2)cc1. The molecule has 0 aliphatic rings. The first-order valence-electron chi connectivity index (χ1n) is 6.54. The van der Waals surface area contributed by atoms with Gasteiger partial charge in [0.25, 0.3) is 5.91 Å². The third-order valence-corrected chi connectivity index (χ3v) is 3.78. The Kier molecular flexibility index (Phi) is 5.51. The zero-order valence-electron chi connectivity index (χ0n) is 11.9. The van der Waals surface area contributed by atoms with E-state index in [2.05, 4.69) is 10.6 Å². The molecule has 0 saturated heterocycles. The number of amides is 2. The van der Waals surface area contributed by atoms with E-state index in [4.69, 9.17) is 4.74 Å². The van der Waals surface area contributed by atoms with Crippen molar-refractivity contribution in [2.24, 2.45) is 0 Å². The smallest absolute Gasteiger partial charge is 0.262 e. The second-order valence-corrected chi connectivity index (χ2v) is 5.35. The Morgan fingerprint density at radius 3 is 2.55 bits per heavy atom. The maximum absolute atomic E-state index is 12.1. The molecule has 0 spiro atoms. The first kappa shape index (κ1) is 16.0. The van der Waals surface area contributed by atoms with Crippen LogP contribution >= 0.6 is 11.3 Å². The van der Waals surface area contributed by atoms with Gasteiger partial charge in [-0.05, 0) is 35.7 Å². The Morgan fingerprint density at radius 2 is 2.00 bits per heavy atom. The molecule has 1 aromatic heterocycles. The van der Waals surface area contributed by atoms with E-state index >= 15 is 0 Å². The summed E-state index contributed by atoms with van der Waals surface area (Å²) in [4.78, 5) is 24.5. The zero-order valence-corrected chi connectivity index (χ0v) is 12.7. The number of carbonyl (C=O) groups is 2. The normalized spacial score (nSPS) is 11.5. The summed E-state index contributed by atoms with van der Waals surface area (Å²) in [5.74, 6) is -0.209. The Bertz CT molecular complexity index is 626. The maximum Gasteiger partial charge on any atom is 0.262 e. The van der Waals surface area contributed by atoms with E-state index < -0.39 is 18.6 Å². The van der Waals surface area contributed by atoms with Crippen molar-refractivity contribution in [1.82, 2.24) is 5.32 Å². The number of hydrogen-bond acceptors (Lipinski definition) is 5. The fourth-order valence-corrected chi connectivity index (χ4v) is 2.36. The summed E-state index contributed by atoms with van der Waals surface area (Å²) in [7, 11) is 1.55. The molecule has 1 aromatic carbocycles. The fourth-order valence-electron chi connectivity index (χ4n) is 1.73. The molecule has 0 saturated carbocycles. The molecule has 2 amide bonds. The number of nitrogens with one attached hydrogen (secondary N) is 2. The molecule has 0 fully saturated rings. The van der Waals surface area contributed by atoms with Gasteiger partial charge in [0.2, 0.25) is 5.91 Å². The molecule has 0 aliphatic heterocycles. The Morgan fingerprint density at radius 1 is 1.27 bits per heavy atom. The highest BCUT2D eigenvalue weighted by molar-refractivity contribution is 7.12. The number of ether oxygens (including phenoxy) is 1. The van der Waals surface area contributed by atoms with Crippen LogP contribution < -0.4 is 15.4 Å². The molecular weight excluding hydrogens is 304 g/mol. The van der Waals surface area contributed by atoms with Gasteiger partial charge in [0.05, 0.1) is 18.6 Å². The number of methoxy groups -OCH3 is 1. The van der Waals surface area contributed by atoms with Crippen molar-refractivity contribution in [2.45, 2.75) is 6.04 Å². The molecule has 7 heteroatoms. The standard InChI is InChI=1S/C15H16N2O4S/c1-21-11-6-4-10(5-7-11)16-14(19)12(9-18)17-15(20)13-3-2-8-22-13/h2-8,12,18H,9H2,1H3,(H,16,19)(H,17,20)/t12-/m0/s1. The number of benzene rings is 1. The molecule has 0 radical (unpaired) electrons. The highest BCUT2D eigenvalue weighted by atomic mass is 32.1. The van der Waals surface area contributed by atoms with Gasteiger partial charge in [0.15, 0.2) is 0 Å². The molecule has 6 nitrogen and oxygen atoms in total. The summed E-state index contributed by atoms with van der Waals surface area (Å²) in [6.45, 7) is -0.487. The summed E-state index contributed by atoms with van der Waals surface area (Å²) in [6, 6.07) is 9.12. The van der Waals surface area contributed by atoms with Gasteiger partial charge < -0.3 is 20.5 Å². The first-order chi connectivity index (χ1) is 10.6. The Hall–Kier alpha value is -2.38. The average Bonchev–Trinajstić information content (AvgIpc) is 3.07. The number of aliphatic hydroxyl groups is 1. The van der Waals surface area contributed by atoms with Gasteiger partial charge in [-0.2, -0.15) is 0 Å². The van der Waals surface area contributed by atoms with Crippen LogP contribution in [0.2, 0.25) is 0 Å². The minimum atomic E-state index is -1.02. The number of rotatable bonds is 6. The molecule has 1 atom stereocenters. The van der Waals surface area contributed by atoms with Crippen LogP contribution in [0.3, 0.4) is 0 Å². The van der Waals surface area contributed by atoms with Crippen LogP contribution in [0, 0.1) is 0 Å². The first-order valence-corrected chi connectivity index (χ1v) is 7.42. The highest BCUT2D eigenvalue weighted by Gasteiger charge is 2.21. The monoisotopic (exact) mass is 320 g/mol. The summed E-state index contributed by atoms with van der Waals surface area (Å²) in [6.07, 6.45) is 0. The number of anilines is 1. The second-order valence-electron chi connectivity index (χ2n) is 4.40. The van der Waals surface area contributed by atoms with Gasteiger partial charge in [0.1, 0.15) is 11.8 Å². The van der Waals surface area contributed by atoms with E-state index in [0.29, 0.717) is 16.3 Å². The zero-order chi connectivity index (χ0) is 15.9. The van der Waals surface area contributed by atoms with Gasteiger partial charge in [-0.3, -0.25) is 9.59 Å². The highest BCUT2D eigenvalue weighted by Crippen LogP contribution is 2.15. The minimum Gasteiger partial charge on any atom is -0.497 e. The molecule has 0 unspecified atom stereocenters. The molecule has 2 rings (SSSR count). The number of aliphatic hydroxyl groups excluding tert-OH is 1.